The summed E-state index contributed by atoms with van der Waals surface area (Å²) in [4.78, 5) is 11.4. The van der Waals surface area contributed by atoms with Gasteiger partial charge in [0.1, 0.15) is 6.04 Å². The number of benzene rings is 1. The lowest BCUT2D eigenvalue weighted by atomic mass is 9.88. The third kappa shape index (κ3) is 4.29. The summed E-state index contributed by atoms with van der Waals surface area (Å²) in [6.45, 7) is 6.90. The van der Waals surface area contributed by atoms with E-state index in [1.807, 2.05) is 18.2 Å². The van der Waals surface area contributed by atoms with E-state index in [0.717, 1.165) is 22.9 Å². The smallest absolute Gasteiger partial charge is 0.320 e. The highest BCUT2D eigenvalue weighted by atomic mass is 16.4. The Morgan fingerprint density at radius 1 is 1.43 bits per heavy atom. The van der Waals surface area contributed by atoms with Gasteiger partial charge in [0.25, 0.3) is 0 Å². The molecule has 0 aliphatic rings. The molecule has 114 valence electrons. The summed E-state index contributed by atoms with van der Waals surface area (Å²) in [6.07, 6.45) is 3.27. The predicted molar refractivity (Wildman–Crippen MR) is 83.0 cm³/mol. The van der Waals surface area contributed by atoms with Crippen molar-refractivity contribution in [3.8, 4) is 0 Å². The highest BCUT2D eigenvalue weighted by Crippen LogP contribution is 2.22. The van der Waals surface area contributed by atoms with Crippen molar-refractivity contribution in [2.24, 2.45) is 5.41 Å². The van der Waals surface area contributed by atoms with Gasteiger partial charge < -0.3 is 10.4 Å². The minimum Gasteiger partial charge on any atom is -0.480 e. The summed E-state index contributed by atoms with van der Waals surface area (Å²) >= 11 is 0. The van der Waals surface area contributed by atoms with Crippen LogP contribution in [0.25, 0.3) is 10.9 Å². The quantitative estimate of drug-likeness (QED) is 0.764. The fourth-order valence-corrected chi connectivity index (χ4v) is 2.31. The lowest BCUT2D eigenvalue weighted by Crippen LogP contribution is -2.37. The van der Waals surface area contributed by atoms with Crippen LogP contribution in [0.1, 0.15) is 39.2 Å². The second-order valence-electron chi connectivity index (χ2n) is 6.62. The molecule has 21 heavy (non-hydrogen) atoms. The molecular weight excluding hydrogens is 266 g/mol. The van der Waals surface area contributed by atoms with Gasteiger partial charge in [-0.25, -0.2) is 0 Å². The Kier molecular flexibility index (Phi) is 4.63. The topological polar surface area (TPSA) is 78.0 Å². The van der Waals surface area contributed by atoms with Crippen molar-refractivity contribution in [1.29, 1.82) is 0 Å². The number of hydrogen-bond donors (Lipinski definition) is 3. The molecule has 0 fully saturated rings. The summed E-state index contributed by atoms with van der Waals surface area (Å²) in [5.74, 6) is -0.793. The van der Waals surface area contributed by atoms with E-state index in [0.29, 0.717) is 13.0 Å². The summed E-state index contributed by atoms with van der Waals surface area (Å²) < 4.78 is 0. The van der Waals surface area contributed by atoms with Gasteiger partial charge in [0.2, 0.25) is 0 Å². The number of carboxylic acid groups (broad SMARTS) is 1. The van der Waals surface area contributed by atoms with Crippen LogP contribution in [0.4, 0.5) is 0 Å². The number of hydrogen-bond acceptors (Lipinski definition) is 3. The van der Waals surface area contributed by atoms with Crippen LogP contribution in [0.15, 0.2) is 24.4 Å². The second-order valence-corrected chi connectivity index (χ2v) is 6.62. The van der Waals surface area contributed by atoms with E-state index < -0.39 is 12.0 Å². The molecule has 1 heterocycles. The number of aliphatic carboxylic acids is 1. The Morgan fingerprint density at radius 2 is 2.19 bits per heavy atom. The largest absolute Gasteiger partial charge is 0.480 e. The lowest BCUT2D eigenvalue weighted by molar-refractivity contribution is -0.139. The van der Waals surface area contributed by atoms with Gasteiger partial charge in [0.15, 0.2) is 0 Å². The van der Waals surface area contributed by atoms with Gasteiger partial charge in [-0.05, 0) is 29.9 Å². The molecule has 0 aliphatic heterocycles. The Hall–Kier alpha value is -1.88. The summed E-state index contributed by atoms with van der Waals surface area (Å²) in [5, 5.41) is 20.5. The van der Waals surface area contributed by atoms with Crippen LogP contribution >= 0.6 is 0 Å². The van der Waals surface area contributed by atoms with Gasteiger partial charge in [-0.1, -0.05) is 32.9 Å². The van der Waals surface area contributed by atoms with E-state index in [2.05, 4.69) is 36.3 Å². The van der Waals surface area contributed by atoms with Crippen LogP contribution in [0.5, 0.6) is 0 Å². The molecule has 0 aliphatic carbocycles. The minimum atomic E-state index is -0.793. The molecule has 1 unspecified atom stereocenters. The fourth-order valence-electron chi connectivity index (χ4n) is 2.31. The highest BCUT2D eigenvalue weighted by Gasteiger charge is 2.20. The normalized spacial score (nSPS) is 13.5. The van der Waals surface area contributed by atoms with Gasteiger partial charge in [-0.3, -0.25) is 9.89 Å². The number of carboxylic acids is 1. The molecule has 2 aromatic rings. The number of aromatic amines is 1. The molecular formula is C16H23N3O2. The zero-order chi connectivity index (χ0) is 15.5. The number of carbonyl (C=O) groups is 1. The van der Waals surface area contributed by atoms with Crippen LogP contribution in [-0.2, 0) is 11.3 Å². The van der Waals surface area contributed by atoms with Crippen molar-refractivity contribution in [1.82, 2.24) is 15.5 Å². The van der Waals surface area contributed by atoms with Gasteiger partial charge in [-0.15, -0.1) is 0 Å². The molecule has 5 nitrogen and oxygen atoms in total. The van der Waals surface area contributed by atoms with E-state index >= 15 is 0 Å². The van der Waals surface area contributed by atoms with Gasteiger partial charge >= 0.3 is 5.97 Å². The Labute approximate surface area is 124 Å². The molecule has 0 radical (unpaired) electrons. The predicted octanol–water partition coefficient (Wildman–Crippen LogP) is 2.93. The second kappa shape index (κ2) is 6.26. The van der Waals surface area contributed by atoms with E-state index in [1.165, 1.54) is 0 Å². The molecule has 1 aromatic heterocycles. The molecule has 1 aromatic carbocycles. The molecule has 0 amide bonds. The van der Waals surface area contributed by atoms with Crippen LogP contribution in [0.3, 0.4) is 0 Å². The number of nitrogens with zero attached hydrogens (tertiary/aromatic N) is 1. The molecule has 2 rings (SSSR count). The van der Waals surface area contributed by atoms with Crippen LogP contribution in [0, 0.1) is 5.41 Å². The summed E-state index contributed by atoms with van der Waals surface area (Å²) in [5.41, 5.74) is 2.17. The molecule has 0 saturated carbocycles. The van der Waals surface area contributed by atoms with Gasteiger partial charge in [-0.2, -0.15) is 5.10 Å². The van der Waals surface area contributed by atoms with Crippen molar-refractivity contribution in [2.75, 3.05) is 0 Å². The maximum absolute atomic E-state index is 11.4. The number of fused-ring (bicyclic) bond motifs is 1. The third-order valence-corrected chi connectivity index (χ3v) is 3.60. The average Bonchev–Trinajstić information content (AvgIpc) is 2.85. The average molecular weight is 289 g/mol. The standard InChI is InChI=1S/C16H23N3O2/c1-16(2,3)8-7-14(15(20)21)17-9-11-5-4-6-13-12(11)10-18-19-13/h4-6,10,14,17H,7-9H2,1-3H3,(H,18,19)(H,20,21). The van der Waals surface area contributed by atoms with Gasteiger partial charge in [0, 0.05) is 11.9 Å². The first kappa shape index (κ1) is 15.5. The molecule has 5 heteroatoms. The zero-order valence-corrected chi connectivity index (χ0v) is 12.8. The molecule has 0 bridgehead atoms. The Bertz CT molecular complexity index is 613. The van der Waals surface area contributed by atoms with Crippen LogP contribution in [0.2, 0.25) is 0 Å². The maximum atomic E-state index is 11.4. The van der Waals surface area contributed by atoms with Crippen molar-refractivity contribution in [2.45, 2.75) is 46.2 Å². The number of rotatable bonds is 6. The van der Waals surface area contributed by atoms with Gasteiger partial charge in [0.05, 0.1) is 11.7 Å². The van der Waals surface area contributed by atoms with Crippen LogP contribution in [-0.4, -0.2) is 27.3 Å². The van der Waals surface area contributed by atoms with E-state index in [-0.39, 0.29) is 5.41 Å². The Morgan fingerprint density at radius 3 is 2.86 bits per heavy atom. The molecule has 0 spiro atoms. The summed E-state index contributed by atoms with van der Waals surface area (Å²) in [6, 6.07) is 5.38. The number of aromatic nitrogens is 2. The van der Waals surface area contributed by atoms with E-state index in [9.17, 15) is 9.90 Å². The van der Waals surface area contributed by atoms with Crippen molar-refractivity contribution >= 4 is 16.9 Å². The SMILES string of the molecule is CC(C)(C)CCC(NCc1cccc2[nH]ncc12)C(=O)O. The summed E-state index contributed by atoms with van der Waals surface area (Å²) in [7, 11) is 0. The number of nitrogens with one attached hydrogen (secondary N) is 2. The van der Waals surface area contributed by atoms with Crippen molar-refractivity contribution < 1.29 is 9.90 Å². The Balaban J connectivity index is 2.01. The first-order chi connectivity index (χ1) is 9.87. The van der Waals surface area contributed by atoms with Crippen LogP contribution < -0.4 is 5.32 Å². The molecule has 0 saturated heterocycles. The molecule has 1 atom stereocenters. The lowest BCUT2D eigenvalue weighted by Gasteiger charge is -2.21. The van der Waals surface area contributed by atoms with E-state index in [4.69, 9.17) is 0 Å². The van der Waals surface area contributed by atoms with Crippen molar-refractivity contribution in [3.05, 3.63) is 30.0 Å². The monoisotopic (exact) mass is 289 g/mol. The first-order valence-electron chi connectivity index (χ1n) is 7.24. The highest BCUT2D eigenvalue weighted by molar-refractivity contribution is 5.81. The zero-order valence-electron chi connectivity index (χ0n) is 12.8. The minimum absolute atomic E-state index is 0.139. The maximum Gasteiger partial charge on any atom is 0.320 e. The fraction of sp³-hybridized carbons (Fsp3) is 0.500. The number of H-pyrrole nitrogens is 1. The van der Waals surface area contributed by atoms with E-state index in [1.54, 1.807) is 6.20 Å². The molecule has 3 N–H and O–H groups in total. The third-order valence-electron chi connectivity index (χ3n) is 3.60. The first-order valence-corrected chi connectivity index (χ1v) is 7.24. The van der Waals surface area contributed by atoms with Crippen molar-refractivity contribution in [3.63, 3.8) is 0 Å².